The van der Waals surface area contributed by atoms with Crippen LogP contribution < -0.4 is 9.47 Å². The van der Waals surface area contributed by atoms with Crippen LogP contribution in [-0.4, -0.2) is 41.8 Å². The zero-order chi connectivity index (χ0) is 18.7. The zero-order valence-corrected chi connectivity index (χ0v) is 14.6. The Labute approximate surface area is 151 Å². The Bertz CT molecular complexity index is 812. The van der Waals surface area contributed by atoms with E-state index < -0.39 is 17.9 Å². The molecule has 1 N–H and O–H groups in total. The van der Waals surface area contributed by atoms with Crippen LogP contribution in [0.5, 0.6) is 11.5 Å². The van der Waals surface area contributed by atoms with E-state index in [0.29, 0.717) is 29.4 Å². The molecule has 7 nitrogen and oxygen atoms in total. The van der Waals surface area contributed by atoms with Crippen molar-refractivity contribution < 1.29 is 24.2 Å². The topological polar surface area (TPSA) is 88.4 Å². The number of fused-ring (bicyclic) bond motifs is 1. The van der Waals surface area contributed by atoms with Crippen molar-refractivity contribution in [3.8, 4) is 11.5 Å². The van der Waals surface area contributed by atoms with Crippen molar-refractivity contribution in [3.05, 3.63) is 47.8 Å². The standard InChI is InChI=1S/C19H20N2O5/c1-3-26-16-7-6-12(9-17(16)25-2)15(10-18(22)23)21-11-14-13(19(21)24)5-4-8-20-14/h4-9,11,13,15H,3,10H2,1-2H3,(H,22,23). The van der Waals surface area contributed by atoms with Gasteiger partial charge in [0.25, 0.3) is 0 Å². The number of methoxy groups -OCH3 is 1. The third-order valence-electron chi connectivity index (χ3n) is 4.30. The van der Waals surface area contributed by atoms with E-state index in [1.54, 1.807) is 42.8 Å². The van der Waals surface area contributed by atoms with Gasteiger partial charge >= 0.3 is 5.97 Å². The lowest BCUT2D eigenvalue weighted by atomic mass is 10.0. The summed E-state index contributed by atoms with van der Waals surface area (Å²) in [7, 11) is 1.52. The monoisotopic (exact) mass is 356 g/mol. The second-order valence-corrected chi connectivity index (χ2v) is 5.90. The van der Waals surface area contributed by atoms with Crippen LogP contribution in [0.2, 0.25) is 0 Å². The van der Waals surface area contributed by atoms with Gasteiger partial charge in [-0.1, -0.05) is 12.1 Å². The molecule has 3 rings (SSSR count). The fourth-order valence-corrected chi connectivity index (χ4v) is 3.11. The maximum atomic E-state index is 12.8. The highest BCUT2D eigenvalue weighted by Crippen LogP contribution is 2.38. The van der Waals surface area contributed by atoms with Gasteiger partial charge in [0.2, 0.25) is 5.91 Å². The number of aliphatic carboxylic acids is 1. The highest BCUT2D eigenvalue weighted by Gasteiger charge is 2.38. The number of carbonyl (C=O) groups is 2. The molecule has 0 aliphatic carbocycles. The molecule has 7 heteroatoms. The number of carboxylic acid groups (broad SMARTS) is 1. The molecule has 0 radical (unpaired) electrons. The van der Waals surface area contributed by atoms with Crippen molar-refractivity contribution in [1.29, 1.82) is 0 Å². The number of dihydropyridines is 1. The number of benzene rings is 1. The first-order chi connectivity index (χ1) is 12.5. The van der Waals surface area contributed by atoms with Gasteiger partial charge in [0.15, 0.2) is 11.5 Å². The third kappa shape index (κ3) is 3.33. The lowest BCUT2D eigenvalue weighted by molar-refractivity contribution is -0.139. The van der Waals surface area contributed by atoms with Gasteiger partial charge in [-0.2, -0.15) is 0 Å². The molecule has 2 unspecified atom stereocenters. The van der Waals surface area contributed by atoms with E-state index in [2.05, 4.69) is 4.99 Å². The predicted molar refractivity (Wildman–Crippen MR) is 95.2 cm³/mol. The highest BCUT2D eigenvalue weighted by molar-refractivity contribution is 5.91. The van der Waals surface area contributed by atoms with E-state index in [9.17, 15) is 14.7 Å². The van der Waals surface area contributed by atoms with E-state index in [1.807, 2.05) is 6.92 Å². The zero-order valence-electron chi connectivity index (χ0n) is 14.6. The molecule has 2 aliphatic rings. The van der Waals surface area contributed by atoms with Crippen LogP contribution >= 0.6 is 0 Å². The number of ether oxygens (including phenoxy) is 2. The number of rotatable bonds is 7. The third-order valence-corrected chi connectivity index (χ3v) is 4.30. The Balaban J connectivity index is 1.98. The summed E-state index contributed by atoms with van der Waals surface area (Å²) in [5, 5.41) is 9.36. The van der Waals surface area contributed by atoms with E-state index in [1.165, 1.54) is 12.0 Å². The summed E-state index contributed by atoms with van der Waals surface area (Å²) < 4.78 is 10.9. The molecule has 2 heterocycles. The van der Waals surface area contributed by atoms with Crippen LogP contribution in [-0.2, 0) is 9.59 Å². The molecule has 1 aromatic rings. The van der Waals surface area contributed by atoms with Crippen molar-refractivity contribution in [2.45, 2.75) is 19.4 Å². The summed E-state index contributed by atoms with van der Waals surface area (Å²) >= 11 is 0. The Morgan fingerprint density at radius 2 is 2.19 bits per heavy atom. The van der Waals surface area contributed by atoms with Gasteiger partial charge in [-0.3, -0.25) is 14.6 Å². The predicted octanol–water partition coefficient (Wildman–Crippen LogP) is 2.55. The number of amides is 1. The second kappa shape index (κ2) is 7.43. The molecule has 136 valence electrons. The first-order valence-electron chi connectivity index (χ1n) is 8.32. The molecule has 0 fully saturated rings. The van der Waals surface area contributed by atoms with Gasteiger partial charge in [0.1, 0.15) is 5.92 Å². The second-order valence-electron chi connectivity index (χ2n) is 5.90. The average molecular weight is 356 g/mol. The fourth-order valence-electron chi connectivity index (χ4n) is 3.11. The Hall–Kier alpha value is -3.09. The minimum absolute atomic E-state index is 0.188. The molecule has 2 atom stereocenters. The molecule has 0 bridgehead atoms. The van der Waals surface area contributed by atoms with Crippen molar-refractivity contribution in [2.24, 2.45) is 10.9 Å². The summed E-state index contributed by atoms with van der Waals surface area (Å²) in [6.07, 6.45) is 6.49. The molecular formula is C19H20N2O5. The van der Waals surface area contributed by atoms with Gasteiger partial charge < -0.3 is 19.5 Å². The first-order valence-corrected chi connectivity index (χ1v) is 8.32. The van der Waals surface area contributed by atoms with Crippen LogP contribution in [0.25, 0.3) is 0 Å². The molecule has 0 aromatic heterocycles. The molecule has 0 spiro atoms. The van der Waals surface area contributed by atoms with E-state index >= 15 is 0 Å². The fraction of sp³-hybridized carbons (Fsp3) is 0.316. The van der Waals surface area contributed by atoms with Crippen LogP contribution in [0.15, 0.2) is 47.2 Å². The summed E-state index contributed by atoms with van der Waals surface area (Å²) in [5.74, 6) is -0.578. The van der Waals surface area contributed by atoms with Gasteiger partial charge in [-0.15, -0.1) is 0 Å². The quantitative estimate of drug-likeness (QED) is 0.811. The number of carbonyl (C=O) groups excluding carboxylic acids is 1. The van der Waals surface area contributed by atoms with Crippen LogP contribution in [0, 0.1) is 5.92 Å². The van der Waals surface area contributed by atoms with Crippen molar-refractivity contribution in [1.82, 2.24) is 4.90 Å². The number of aliphatic imine (C=N–C) groups is 1. The molecule has 1 aromatic carbocycles. The number of allylic oxidation sites excluding steroid dienone is 1. The lowest BCUT2D eigenvalue weighted by Gasteiger charge is -2.26. The molecular weight excluding hydrogens is 336 g/mol. The largest absolute Gasteiger partial charge is 0.493 e. The van der Waals surface area contributed by atoms with Crippen LogP contribution in [0.3, 0.4) is 0 Å². The van der Waals surface area contributed by atoms with Crippen molar-refractivity contribution >= 4 is 18.1 Å². The summed E-state index contributed by atoms with van der Waals surface area (Å²) in [6.45, 7) is 2.35. The van der Waals surface area contributed by atoms with Gasteiger partial charge in [-0.05, 0) is 30.7 Å². The lowest BCUT2D eigenvalue weighted by Crippen LogP contribution is -2.31. The van der Waals surface area contributed by atoms with Crippen molar-refractivity contribution in [3.63, 3.8) is 0 Å². The molecule has 0 saturated carbocycles. The van der Waals surface area contributed by atoms with Gasteiger partial charge in [0, 0.05) is 12.4 Å². The average Bonchev–Trinajstić information content (AvgIpc) is 2.97. The van der Waals surface area contributed by atoms with Crippen molar-refractivity contribution in [2.75, 3.05) is 13.7 Å². The number of hydrogen-bond acceptors (Lipinski definition) is 5. The minimum atomic E-state index is -0.997. The van der Waals surface area contributed by atoms with Crippen LogP contribution in [0.1, 0.15) is 24.9 Å². The Morgan fingerprint density at radius 3 is 2.85 bits per heavy atom. The maximum absolute atomic E-state index is 12.8. The summed E-state index contributed by atoms with van der Waals surface area (Å²) in [4.78, 5) is 29.9. The molecule has 0 saturated heterocycles. The number of nitrogens with zero attached hydrogens (tertiary/aromatic N) is 2. The number of carboxylic acids is 1. The minimum Gasteiger partial charge on any atom is -0.493 e. The first kappa shape index (κ1) is 17.7. The smallest absolute Gasteiger partial charge is 0.305 e. The van der Waals surface area contributed by atoms with Crippen LogP contribution in [0.4, 0.5) is 0 Å². The highest BCUT2D eigenvalue weighted by atomic mass is 16.5. The number of hydrogen-bond donors (Lipinski definition) is 1. The van der Waals surface area contributed by atoms with Gasteiger partial charge in [0.05, 0.1) is 31.9 Å². The van der Waals surface area contributed by atoms with Gasteiger partial charge in [-0.25, -0.2) is 0 Å². The Kier molecular flexibility index (Phi) is 5.06. The normalized spacial score (nSPS) is 19.2. The molecule has 1 amide bonds. The van der Waals surface area contributed by atoms with E-state index in [4.69, 9.17) is 9.47 Å². The SMILES string of the molecule is CCOc1ccc(C(CC(=O)O)N2C=C3N=CC=CC3C2=O)cc1OC. The van der Waals surface area contributed by atoms with E-state index in [-0.39, 0.29) is 12.3 Å². The summed E-state index contributed by atoms with van der Waals surface area (Å²) in [5.41, 5.74) is 1.27. The maximum Gasteiger partial charge on any atom is 0.305 e. The molecule has 26 heavy (non-hydrogen) atoms. The molecule has 2 aliphatic heterocycles. The summed E-state index contributed by atoms with van der Waals surface area (Å²) in [6, 6.07) is 4.54. The Morgan fingerprint density at radius 1 is 1.38 bits per heavy atom. The van der Waals surface area contributed by atoms with E-state index in [0.717, 1.165) is 0 Å².